The van der Waals surface area contributed by atoms with Crippen LogP contribution in [0.2, 0.25) is 0 Å². The van der Waals surface area contributed by atoms with Gasteiger partial charge in [-0.15, -0.1) is 0 Å². The maximum absolute atomic E-state index is 11.8. The van der Waals surface area contributed by atoms with E-state index in [0.717, 1.165) is 25.9 Å². The van der Waals surface area contributed by atoms with Crippen molar-refractivity contribution in [3.63, 3.8) is 0 Å². The minimum Gasteiger partial charge on any atom is -0.548 e. The van der Waals surface area contributed by atoms with E-state index < -0.39 is 12.0 Å². The predicted octanol–water partition coefficient (Wildman–Crippen LogP) is 9.34. The molecule has 0 aliphatic heterocycles. The van der Waals surface area contributed by atoms with E-state index in [2.05, 4.69) is 18.7 Å². The molecule has 0 N–H and O–H groups in total. The molecule has 44 heavy (non-hydrogen) atoms. The van der Waals surface area contributed by atoms with Crippen LogP contribution in [0, 0.1) is 0 Å². The van der Waals surface area contributed by atoms with Gasteiger partial charge >= 0.3 is 18.9 Å². The van der Waals surface area contributed by atoms with E-state index in [4.69, 9.17) is 0 Å². The average molecular weight is 614 g/mol. The van der Waals surface area contributed by atoms with Crippen molar-refractivity contribution in [1.29, 1.82) is 0 Å². The summed E-state index contributed by atoms with van der Waals surface area (Å²) < 4.78 is 0. The molecule has 0 amide bonds. The maximum atomic E-state index is 11.8. The van der Waals surface area contributed by atoms with E-state index in [1.165, 1.54) is 193 Å². The fraction of sp³-hybridized carbons (Fsp3) is 0.975. The number of carboxylic acids is 1. The topological polar surface area (TPSA) is 43.4 Å². The second-order valence-corrected chi connectivity index (χ2v) is 13.9. The van der Waals surface area contributed by atoms with Gasteiger partial charge < -0.3 is 9.90 Å². The first-order chi connectivity index (χ1) is 21.2. The molecule has 0 aromatic carbocycles. The zero-order valence-corrected chi connectivity index (χ0v) is 31.1. The summed E-state index contributed by atoms with van der Waals surface area (Å²) in [6.07, 6.45) is 44.6. The number of hydrogen-bond donors (Lipinski definition) is 0. The number of nitrogens with zero attached hydrogens (tertiary/aromatic N) is 1. The zero-order valence-electron chi connectivity index (χ0n) is 31.1. The number of rotatable bonds is 37. The molecular formula is C40H80LiNO2. The van der Waals surface area contributed by atoms with Crippen molar-refractivity contribution in [3.8, 4) is 0 Å². The molecule has 0 saturated carbocycles. The van der Waals surface area contributed by atoms with Gasteiger partial charge in [-0.3, -0.25) is 4.90 Å². The van der Waals surface area contributed by atoms with Crippen LogP contribution in [0.15, 0.2) is 0 Å². The minimum atomic E-state index is -0.879. The molecule has 0 aliphatic rings. The Bertz CT molecular complexity index is 507. The Labute approximate surface area is 290 Å². The van der Waals surface area contributed by atoms with Gasteiger partial charge in [-0.25, -0.2) is 0 Å². The van der Waals surface area contributed by atoms with Crippen molar-refractivity contribution < 1.29 is 28.8 Å². The summed E-state index contributed by atoms with van der Waals surface area (Å²) in [4.78, 5) is 14.0. The number of hydrogen-bond acceptors (Lipinski definition) is 3. The first-order valence-corrected chi connectivity index (χ1v) is 20.1. The molecule has 0 radical (unpaired) electrons. The van der Waals surface area contributed by atoms with Crippen LogP contribution in [0.4, 0.5) is 0 Å². The van der Waals surface area contributed by atoms with Gasteiger partial charge in [-0.1, -0.05) is 213 Å². The Morgan fingerprint density at radius 1 is 0.409 bits per heavy atom. The van der Waals surface area contributed by atoms with Gasteiger partial charge in [0.2, 0.25) is 0 Å². The molecule has 258 valence electrons. The molecule has 0 aromatic heterocycles. The molecule has 0 heterocycles. The number of carbonyl (C=O) groups excluding carboxylic acids is 1. The van der Waals surface area contributed by atoms with Crippen molar-refractivity contribution >= 4 is 5.97 Å². The van der Waals surface area contributed by atoms with Crippen LogP contribution in [0.1, 0.15) is 233 Å². The van der Waals surface area contributed by atoms with E-state index in [-0.39, 0.29) is 18.9 Å². The third-order valence-corrected chi connectivity index (χ3v) is 9.70. The third kappa shape index (κ3) is 33.4. The molecule has 0 saturated heterocycles. The molecular weight excluding hydrogens is 533 g/mol. The van der Waals surface area contributed by atoms with Crippen molar-refractivity contribution in [2.45, 2.75) is 239 Å². The fourth-order valence-electron chi connectivity index (χ4n) is 6.72. The molecule has 0 bridgehead atoms. The summed E-state index contributed by atoms with van der Waals surface area (Å²) in [7, 11) is 0. The van der Waals surface area contributed by atoms with Gasteiger partial charge in [0.25, 0.3) is 0 Å². The number of aliphatic carboxylic acids is 1. The van der Waals surface area contributed by atoms with E-state index in [9.17, 15) is 9.90 Å². The van der Waals surface area contributed by atoms with E-state index in [1.807, 2.05) is 6.92 Å². The number of carbonyl (C=O) groups is 1. The van der Waals surface area contributed by atoms with Crippen molar-refractivity contribution in [1.82, 2.24) is 4.90 Å². The van der Waals surface area contributed by atoms with Crippen LogP contribution in [0.3, 0.4) is 0 Å². The van der Waals surface area contributed by atoms with Gasteiger partial charge in [0.05, 0.1) is 5.97 Å². The minimum absolute atomic E-state index is 0. The summed E-state index contributed by atoms with van der Waals surface area (Å²) in [6.45, 7) is 8.42. The summed E-state index contributed by atoms with van der Waals surface area (Å²) in [5.74, 6) is -0.879. The van der Waals surface area contributed by atoms with Gasteiger partial charge in [-0.05, 0) is 32.4 Å². The summed E-state index contributed by atoms with van der Waals surface area (Å²) >= 11 is 0. The molecule has 1 atom stereocenters. The summed E-state index contributed by atoms with van der Waals surface area (Å²) in [6, 6.07) is -0.410. The molecule has 4 heteroatoms. The second kappa shape index (κ2) is 39.2. The van der Waals surface area contributed by atoms with E-state index in [0.29, 0.717) is 6.42 Å². The Kier molecular flexibility index (Phi) is 41.1. The predicted molar refractivity (Wildman–Crippen MR) is 190 cm³/mol. The monoisotopic (exact) mass is 614 g/mol. The summed E-state index contributed by atoms with van der Waals surface area (Å²) in [5.41, 5.74) is 0. The van der Waals surface area contributed by atoms with Crippen molar-refractivity contribution in [2.75, 3.05) is 13.1 Å². The van der Waals surface area contributed by atoms with E-state index >= 15 is 0 Å². The molecule has 3 nitrogen and oxygen atoms in total. The van der Waals surface area contributed by atoms with Gasteiger partial charge in [0.1, 0.15) is 0 Å². The molecule has 0 spiro atoms. The van der Waals surface area contributed by atoms with Gasteiger partial charge in [0.15, 0.2) is 0 Å². The van der Waals surface area contributed by atoms with Crippen LogP contribution in [-0.4, -0.2) is 30.0 Å². The molecule has 0 aliphatic carbocycles. The standard InChI is InChI=1S/C40H81NO2.Li/c1-4-7-9-11-13-15-17-19-21-23-25-27-29-31-33-35-37-41(39(6-3)40(42)43)38-36-34-32-30-28-26-24-22-20-18-16-14-12-10-8-5-2;/h39H,4-38H2,1-3H3,(H,42,43);/q;+1/p-1. The Hall–Kier alpha value is 0.0274. The fourth-order valence-corrected chi connectivity index (χ4v) is 6.72. The second-order valence-electron chi connectivity index (χ2n) is 13.9. The van der Waals surface area contributed by atoms with Crippen LogP contribution >= 0.6 is 0 Å². The van der Waals surface area contributed by atoms with Gasteiger partial charge in [0, 0.05) is 6.04 Å². The Morgan fingerprint density at radius 2 is 0.614 bits per heavy atom. The average Bonchev–Trinajstić information content (AvgIpc) is 3.00. The molecule has 0 rings (SSSR count). The van der Waals surface area contributed by atoms with Crippen LogP contribution in [0.25, 0.3) is 0 Å². The SMILES string of the molecule is CCCCCCCCCCCCCCCCCCN(CCCCCCCCCCCCCCCCCC)C(CC)C(=O)[O-].[Li+]. The normalized spacial score (nSPS) is 12.1. The van der Waals surface area contributed by atoms with E-state index in [1.54, 1.807) is 0 Å². The molecule has 0 aromatic rings. The first-order valence-electron chi connectivity index (χ1n) is 20.1. The number of carboxylic acid groups (broad SMARTS) is 1. The van der Waals surface area contributed by atoms with Crippen LogP contribution < -0.4 is 24.0 Å². The Balaban J connectivity index is 0. The first kappa shape index (κ1) is 46.1. The zero-order chi connectivity index (χ0) is 31.5. The number of unbranched alkanes of at least 4 members (excludes halogenated alkanes) is 30. The van der Waals surface area contributed by atoms with Crippen LogP contribution in [0.5, 0.6) is 0 Å². The van der Waals surface area contributed by atoms with Gasteiger partial charge in [-0.2, -0.15) is 0 Å². The molecule has 0 fully saturated rings. The molecule has 1 unspecified atom stereocenters. The quantitative estimate of drug-likeness (QED) is 0.0518. The van der Waals surface area contributed by atoms with Crippen LogP contribution in [-0.2, 0) is 4.79 Å². The third-order valence-electron chi connectivity index (χ3n) is 9.70. The maximum Gasteiger partial charge on any atom is 1.00 e. The largest absolute Gasteiger partial charge is 1.00 e. The smallest absolute Gasteiger partial charge is 0.548 e. The van der Waals surface area contributed by atoms with Crippen molar-refractivity contribution in [3.05, 3.63) is 0 Å². The summed E-state index contributed by atoms with van der Waals surface area (Å²) in [5, 5.41) is 11.8. The Morgan fingerprint density at radius 3 is 0.795 bits per heavy atom. The van der Waals surface area contributed by atoms with Crippen molar-refractivity contribution in [2.24, 2.45) is 0 Å².